The molecule has 0 radical (unpaired) electrons. The smallest absolute Gasteiger partial charge is 0.336 e. The fraction of sp³-hybridized carbons (Fsp3) is 0.381. The largest absolute Gasteiger partial charge is 0.423 e. The number of hydrogen-bond acceptors (Lipinski definition) is 4. The van der Waals surface area contributed by atoms with Gasteiger partial charge in [-0.25, -0.2) is 9.48 Å². The highest BCUT2D eigenvalue weighted by Crippen LogP contribution is 2.38. The lowest BCUT2D eigenvalue weighted by Crippen LogP contribution is -2.25. The molecule has 0 saturated carbocycles. The maximum atomic E-state index is 12.3. The van der Waals surface area contributed by atoms with Crippen LogP contribution in [-0.2, 0) is 11.3 Å². The molecule has 1 aliphatic heterocycles. The van der Waals surface area contributed by atoms with Crippen LogP contribution >= 0.6 is 0 Å². The summed E-state index contributed by atoms with van der Waals surface area (Å²) in [5.74, 6) is 1.22. The molecule has 4 rings (SSSR count). The van der Waals surface area contributed by atoms with Crippen LogP contribution in [0.25, 0.3) is 11.0 Å². The van der Waals surface area contributed by atoms with Crippen LogP contribution in [-0.4, -0.2) is 15.7 Å². The van der Waals surface area contributed by atoms with Crippen molar-refractivity contribution in [1.82, 2.24) is 9.78 Å². The van der Waals surface area contributed by atoms with Crippen LogP contribution in [0.2, 0.25) is 0 Å². The topological polar surface area (TPSA) is 77.1 Å². The molecule has 0 aliphatic carbocycles. The summed E-state index contributed by atoms with van der Waals surface area (Å²) in [5, 5.41) is 8.38. The fourth-order valence-electron chi connectivity index (χ4n) is 3.68. The van der Waals surface area contributed by atoms with Gasteiger partial charge in [0.1, 0.15) is 11.4 Å². The molecule has 0 fully saturated rings. The van der Waals surface area contributed by atoms with Gasteiger partial charge in [0.15, 0.2) is 0 Å². The molecular weight excluding hydrogens is 342 g/mol. The Balaban J connectivity index is 1.76. The Hall–Kier alpha value is -2.89. The number of nitrogens with zero attached hydrogens (tertiary/aromatic N) is 2. The Bertz CT molecular complexity index is 1080. The van der Waals surface area contributed by atoms with Crippen molar-refractivity contribution in [2.75, 3.05) is 5.32 Å². The molecule has 6 heteroatoms. The average Bonchev–Trinajstić information content (AvgIpc) is 3.01. The van der Waals surface area contributed by atoms with Crippen molar-refractivity contribution < 1.29 is 9.21 Å². The number of carbonyl (C=O) groups excluding carboxylic acids is 1. The van der Waals surface area contributed by atoms with Crippen LogP contribution in [0.1, 0.15) is 49.3 Å². The van der Waals surface area contributed by atoms with Gasteiger partial charge in [-0.1, -0.05) is 26.0 Å². The van der Waals surface area contributed by atoms with Crippen molar-refractivity contribution in [2.24, 2.45) is 5.92 Å². The van der Waals surface area contributed by atoms with Gasteiger partial charge < -0.3 is 9.73 Å². The molecular formula is C21H23N3O3. The van der Waals surface area contributed by atoms with Crippen LogP contribution in [0.15, 0.2) is 39.7 Å². The van der Waals surface area contributed by atoms with E-state index in [4.69, 9.17) is 4.42 Å². The summed E-state index contributed by atoms with van der Waals surface area (Å²) in [7, 11) is 0. The second-order valence-electron chi connectivity index (χ2n) is 7.66. The SMILES string of the molecule is Cc1cc(=O)oc2cc(C3CC(=O)Nc4c3cnn4CCC(C)C)ccc12. The standard InChI is InChI=1S/C21H23N3O3/c1-12(2)6-7-24-21-17(11-22-24)16(10-19(25)23-21)14-4-5-15-13(3)8-20(26)27-18(15)9-14/h4-5,8-9,11-12,16H,6-7,10H2,1-3H3,(H,23,25). The molecule has 1 N–H and O–H groups in total. The van der Waals surface area contributed by atoms with Crippen molar-refractivity contribution in [3.05, 3.63) is 57.6 Å². The van der Waals surface area contributed by atoms with Gasteiger partial charge in [0.2, 0.25) is 5.91 Å². The van der Waals surface area contributed by atoms with Gasteiger partial charge >= 0.3 is 5.63 Å². The van der Waals surface area contributed by atoms with E-state index >= 15 is 0 Å². The number of aryl methyl sites for hydroxylation is 2. The molecule has 1 atom stereocenters. The van der Waals surface area contributed by atoms with Crippen molar-refractivity contribution in [1.29, 1.82) is 0 Å². The normalized spacial score (nSPS) is 16.6. The number of amides is 1. The van der Waals surface area contributed by atoms with Crippen molar-refractivity contribution in [3.8, 4) is 0 Å². The zero-order valence-electron chi connectivity index (χ0n) is 15.8. The summed E-state index contributed by atoms with van der Waals surface area (Å²) in [6, 6.07) is 7.33. The molecule has 0 saturated heterocycles. The number of carbonyl (C=O) groups is 1. The minimum absolute atomic E-state index is 0.0235. The molecule has 2 aromatic heterocycles. The van der Waals surface area contributed by atoms with E-state index < -0.39 is 0 Å². The lowest BCUT2D eigenvalue weighted by atomic mass is 9.87. The Kier molecular flexibility index (Phi) is 4.34. The quantitative estimate of drug-likeness (QED) is 0.713. The highest BCUT2D eigenvalue weighted by Gasteiger charge is 2.30. The lowest BCUT2D eigenvalue weighted by molar-refractivity contribution is -0.116. The van der Waals surface area contributed by atoms with E-state index in [-0.39, 0.29) is 17.5 Å². The number of aromatic nitrogens is 2. The van der Waals surface area contributed by atoms with E-state index in [9.17, 15) is 9.59 Å². The molecule has 1 amide bonds. The molecule has 6 nitrogen and oxygen atoms in total. The van der Waals surface area contributed by atoms with Crippen LogP contribution in [0.3, 0.4) is 0 Å². The van der Waals surface area contributed by atoms with Crippen LogP contribution in [0.5, 0.6) is 0 Å². The number of nitrogens with one attached hydrogen (secondary N) is 1. The van der Waals surface area contributed by atoms with Crippen molar-refractivity contribution in [3.63, 3.8) is 0 Å². The molecule has 3 heterocycles. The Morgan fingerprint density at radius 2 is 2.11 bits per heavy atom. The third-order valence-electron chi connectivity index (χ3n) is 5.19. The molecule has 1 aliphatic rings. The summed E-state index contributed by atoms with van der Waals surface area (Å²) >= 11 is 0. The van der Waals surface area contributed by atoms with Crippen LogP contribution < -0.4 is 10.9 Å². The second kappa shape index (κ2) is 6.68. The van der Waals surface area contributed by atoms with Crippen molar-refractivity contribution in [2.45, 2.75) is 46.1 Å². The first-order chi connectivity index (χ1) is 12.9. The van der Waals surface area contributed by atoms with E-state index in [0.29, 0.717) is 17.9 Å². The predicted octanol–water partition coefficient (Wildman–Crippen LogP) is 3.82. The average molecular weight is 365 g/mol. The second-order valence-corrected chi connectivity index (χ2v) is 7.66. The first-order valence-corrected chi connectivity index (χ1v) is 9.32. The molecule has 0 spiro atoms. The number of hydrogen-bond donors (Lipinski definition) is 1. The fourth-order valence-corrected chi connectivity index (χ4v) is 3.68. The number of benzene rings is 1. The molecule has 0 bridgehead atoms. The maximum absolute atomic E-state index is 12.3. The Labute approximate surface area is 157 Å². The van der Waals surface area contributed by atoms with Crippen LogP contribution in [0.4, 0.5) is 5.82 Å². The van der Waals surface area contributed by atoms with Gasteiger partial charge in [-0.15, -0.1) is 0 Å². The van der Waals surface area contributed by atoms with E-state index in [0.717, 1.165) is 40.9 Å². The van der Waals surface area contributed by atoms with E-state index in [2.05, 4.69) is 24.3 Å². The molecule has 140 valence electrons. The van der Waals surface area contributed by atoms with Gasteiger partial charge in [0.25, 0.3) is 0 Å². The minimum atomic E-state index is -0.360. The van der Waals surface area contributed by atoms with E-state index in [1.165, 1.54) is 6.07 Å². The summed E-state index contributed by atoms with van der Waals surface area (Å²) in [6.07, 6.45) is 3.19. The summed E-state index contributed by atoms with van der Waals surface area (Å²) in [5.41, 5.74) is 3.04. The lowest BCUT2D eigenvalue weighted by Gasteiger charge is -2.24. The number of fused-ring (bicyclic) bond motifs is 2. The Morgan fingerprint density at radius 3 is 2.89 bits per heavy atom. The van der Waals surface area contributed by atoms with Gasteiger partial charge in [-0.3, -0.25) is 4.79 Å². The third kappa shape index (κ3) is 3.27. The highest BCUT2D eigenvalue weighted by atomic mass is 16.4. The van der Waals surface area contributed by atoms with Gasteiger partial charge in [-0.05, 0) is 36.5 Å². The predicted molar refractivity (Wildman–Crippen MR) is 104 cm³/mol. The number of rotatable bonds is 4. The third-order valence-corrected chi connectivity index (χ3v) is 5.19. The van der Waals surface area contributed by atoms with E-state index in [1.807, 2.05) is 36.0 Å². The maximum Gasteiger partial charge on any atom is 0.336 e. The molecule has 1 aromatic carbocycles. The molecule has 27 heavy (non-hydrogen) atoms. The summed E-state index contributed by atoms with van der Waals surface area (Å²) < 4.78 is 7.26. The minimum Gasteiger partial charge on any atom is -0.423 e. The van der Waals surface area contributed by atoms with Crippen LogP contribution in [0, 0.1) is 12.8 Å². The first-order valence-electron chi connectivity index (χ1n) is 9.32. The monoisotopic (exact) mass is 365 g/mol. The summed E-state index contributed by atoms with van der Waals surface area (Å²) in [4.78, 5) is 24.1. The first kappa shape index (κ1) is 17.5. The molecule has 3 aromatic rings. The highest BCUT2D eigenvalue weighted by molar-refractivity contribution is 5.94. The number of anilines is 1. The van der Waals surface area contributed by atoms with E-state index in [1.54, 1.807) is 0 Å². The van der Waals surface area contributed by atoms with Crippen molar-refractivity contribution >= 4 is 22.7 Å². The zero-order chi connectivity index (χ0) is 19.1. The summed E-state index contributed by atoms with van der Waals surface area (Å²) in [6.45, 7) is 7.00. The van der Waals surface area contributed by atoms with Gasteiger partial charge in [0.05, 0.1) is 6.20 Å². The molecule has 1 unspecified atom stereocenters. The van der Waals surface area contributed by atoms with Gasteiger partial charge in [-0.2, -0.15) is 5.10 Å². The zero-order valence-corrected chi connectivity index (χ0v) is 15.8. The Morgan fingerprint density at radius 1 is 1.30 bits per heavy atom. The van der Waals surface area contributed by atoms with Gasteiger partial charge in [0, 0.05) is 35.9 Å².